The maximum Gasteiger partial charge on any atom is 4.00 e. The third-order valence-electron chi connectivity index (χ3n) is 1.87. The van der Waals surface area contributed by atoms with Crippen LogP contribution >= 0.6 is 0 Å². The van der Waals surface area contributed by atoms with E-state index < -0.39 is 23.3 Å². The van der Waals surface area contributed by atoms with Gasteiger partial charge in [0.2, 0.25) is 0 Å². The van der Waals surface area contributed by atoms with Crippen LogP contribution in [0.5, 0.6) is 0 Å². The summed E-state index contributed by atoms with van der Waals surface area (Å²) in [6.07, 6.45) is 0. The van der Waals surface area contributed by atoms with Crippen LogP contribution in [0.25, 0.3) is 0 Å². The summed E-state index contributed by atoms with van der Waals surface area (Å²) < 4.78 is 0. The molecule has 23 heavy (non-hydrogen) atoms. The van der Waals surface area contributed by atoms with Gasteiger partial charge in [0.15, 0.2) is 0 Å². The van der Waals surface area contributed by atoms with Crippen molar-refractivity contribution in [1.29, 1.82) is 0 Å². The number of carbonyl (C=O) groups excluding carboxylic acids is 2. The molecule has 3 rings (SSSR count). The molecular weight excluding hydrogens is 330 g/mol. The monoisotopic (exact) mass is 335 g/mol. The van der Waals surface area contributed by atoms with Crippen LogP contribution in [-0.4, -0.2) is 16.9 Å². The van der Waals surface area contributed by atoms with Gasteiger partial charge in [-0.3, -0.25) is 0 Å². The Balaban J connectivity index is 0.000000362. The van der Waals surface area contributed by atoms with Gasteiger partial charge in [-0.15, -0.1) is 0 Å². The van der Waals surface area contributed by atoms with Crippen LogP contribution in [0.15, 0.2) is 30.3 Å². The van der Waals surface area contributed by atoms with E-state index in [1.54, 1.807) is 12.1 Å². The van der Waals surface area contributed by atoms with Crippen molar-refractivity contribution < 1.29 is 41.5 Å². The van der Waals surface area contributed by atoms with Gasteiger partial charge in [0.1, 0.15) is 0 Å². The Morgan fingerprint density at radius 2 is 1.17 bits per heavy atom. The fraction of sp³-hybridized carbons (Fsp3) is 0. The molecule has 2 aromatic carbocycles. The smallest absolute Gasteiger partial charge is 0.999 e. The summed E-state index contributed by atoms with van der Waals surface area (Å²) in [7, 11) is 0. The SMILES string of the molecule is O=C([O-])c1cccc(C(=O)[O-])n1.[Ti+4].[c-]1[c-][c-][cH-][c-]1.[c-]1[c-][c-][cH-][c-]1. The molecule has 0 N–H and O–H groups in total. The molecule has 6 heteroatoms. The minimum absolute atomic E-state index is 0. The molecule has 5 nitrogen and oxygen atoms in total. The van der Waals surface area contributed by atoms with E-state index in [-0.39, 0.29) is 21.7 Å². The van der Waals surface area contributed by atoms with Crippen LogP contribution in [0.2, 0.25) is 0 Å². The predicted octanol–water partition coefficient (Wildman–Crippen LogP) is -0.981. The molecule has 114 valence electrons. The standard InChI is InChI=1S/C7H5NO4.2C5H.Ti/c9-6(10)4-2-1-3-5(8-4)7(11)12;2*1-2-4-5-3-1;/h1-3H,(H,9,10)(H,11,12);2*1H;/q;2*-5;+4/p-2. The molecule has 0 aliphatic carbocycles. The summed E-state index contributed by atoms with van der Waals surface area (Å²) in [5.41, 5.74) is -0.839. The number of hydrogen-bond acceptors (Lipinski definition) is 5. The summed E-state index contributed by atoms with van der Waals surface area (Å²) in [5, 5.41) is 20.4. The van der Waals surface area contributed by atoms with E-state index in [1.807, 2.05) is 0 Å². The van der Waals surface area contributed by atoms with E-state index in [0.29, 0.717) is 0 Å². The minimum atomic E-state index is -1.52. The maximum atomic E-state index is 10.2. The molecule has 0 amide bonds. The van der Waals surface area contributed by atoms with Gasteiger partial charge in [-0.05, 0) is 12.1 Å². The molecule has 3 aromatic rings. The zero-order chi connectivity index (χ0) is 16.2. The molecular formula is C17H5NO4Ti-8. The first-order chi connectivity index (χ1) is 10.6. The van der Waals surface area contributed by atoms with E-state index in [9.17, 15) is 19.8 Å². The summed E-state index contributed by atoms with van der Waals surface area (Å²) >= 11 is 0. The van der Waals surface area contributed by atoms with Gasteiger partial charge in [-0.2, -0.15) is 0 Å². The first-order valence-corrected chi connectivity index (χ1v) is 5.66. The number of rotatable bonds is 2. The Morgan fingerprint density at radius 3 is 1.39 bits per heavy atom. The Hall–Kier alpha value is -2.50. The number of nitrogens with zero attached hydrogens (tertiary/aromatic N) is 1. The van der Waals surface area contributed by atoms with Crippen molar-refractivity contribution in [3.05, 3.63) is 90.3 Å². The van der Waals surface area contributed by atoms with Gasteiger partial charge in [-0.1, -0.05) is 6.07 Å². The number of aromatic nitrogens is 1. The molecule has 0 atom stereocenters. The molecule has 0 fully saturated rings. The molecule has 0 saturated heterocycles. The van der Waals surface area contributed by atoms with Gasteiger partial charge in [0, 0.05) is 0 Å². The zero-order valence-corrected chi connectivity index (χ0v) is 13.0. The first kappa shape index (κ1) is 20.5. The Labute approximate surface area is 148 Å². The first-order valence-electron chi connectivity index (χ1n) is 5.66. The average molecular weight is 335 g/mol. The van der Waals surface area contributed by atoms with Gasteiger partial charge in [-0.25, -0.2) is 4.98 Å². The molecule has 0 unspecified atom stereocenters. The van der Waals surface area contributed by atoms with E-state index in [4.69, 9.17) is 0 Å². The van der Waals surface area contributed by atoms with E-state index in [2.05, 4.69) is 53.5 Å². The van der Waals surface area contributed by atoms with Crippen LogP contribution in [0.4, 0.5) is 0 Å². The van der Waals surface area contributed by atoms with Gasteiger partial charge < -0.3 is 80.5 Å². The third kappa shape index (κ3) is 9.19. The van der Waals surface area contributed by atoms with Crippen molar-refractivity contribution in [3.63, 3.8) is 0 Å². The molecule has 1 heterocycles. The number of carbonyl (C=O) groups is 2. The number of aromatic carboxylic acids is 2. The van der Waals surface area contributed by atoms with E-state index in [1.165, 1.54) is 6.07 Å². The minimum Gasteiger partial charge on any atom is -0.999 e. The topological polar surface area (TPSA) is 93.1 Å². The fourth-order valence-corrected chi connectivity index (χ4v) is 1.02. The molecule has 0 aliphatic rings. The largest absolute Gasteiger partial charge is 4.00 e. The summed E-state index contributed by atoms with van der Waals surface area (Å²) in [5.74, 6) is -3.03. The van der Waals surface area contributed by atoms with Gasteiger partial charge >= 0.3 is 21.7 Å². The number of pyridine rings is 1. The van der Waals surface area contributed by atoms with Crippen LogP contribution in [-0.2, 0) is 21.7 Å². The predicted molar refractivity (Wildman–Crippen MR) is 67.7 cm³/mol. The number of carboxylic acids is 2. The van der Waals surface area contributed by atoms with E-state index in [0.717, 1.165) is 12.1 Å². The van der Waals surface area contributed by atoms with Crippen LogP contribution in [0.3, 0.4) is 0 Å². The molecule has 0 radical (unpaired) electrons. The van der Waals surface area contributed by atoms with E-state index >= 15 is 0 Å². The normalized spacial score (nSPS) is 8.35. The molecule has 1 aromatic heterocycles. The van der Waals surface area contributed by atoms with Crippen LogP contribution < -0.4 is 10.2 Å². The van der Waals surface area contributed by atoms with Crippen molar-refractivity contribution >= 4 is 11.9 Å². The van der Waals surface area contributed by atoms with Crippen LogP contribution in [0, 0.1) is 48.5 Å². The third-order valence-corrected chi connectivity index (χ3v) is 1.87. The fourth-order valence-electron chi connectivity index (χ4n) is 1.02. The Bertz CT molecular complexity index is 574. The maximum absolute atomic E-state index is 10.2. The van der Waals surface area contributed by atoms with Crippen molar-refractivity contribution in [2.24, 2.45) is 0 Å². The summed E-state index contributed by atoms with van der Waals surface area (Å²) in [6, 6.07) is 27.5. The number of hydrogen-bond donors (Lipinski definition) is 0. The molecule has 0 saturated carbocycles. The molecule has 0 aliphatic heterocycles. The summed E-state index contributed by atoms with van der Waals surface area (Å²) in [4.78, 5) is 23.6. The van der Waals surface area contributed by atoms with Gasteiger partial charge in [0.05, 0.1) is 23.3 Å². The molecule has 0 bridgehead atoms. The average Bonchev–Trinajstić information content (AvgIpc) is 3.25. The molecule has 0 spiro atoms. The second kappa shape index (κ2) is 12.1. The van der Waals surface area contributed by atoms with Crippen LogP contribution in [0.1, 0.15) is 21.0 Å². The van der Waals surface area contributed by atoms with Crippen molar-refractivity contribution in [2.75, 3.05) is 0 Å². The van der Waals surface area contributed by atoms with Crippen molar-refractivity contribution in [1.82, 2.24) is 4.98 Å². The zero-order valence-electron chi connectivity index (χ0n) is 11.5. The quantitative estimate of drug-likeness (QED) is 0.443. The van der Waals surface area contributed by atoms with Crippen molar-refractivity contribution in [2.45, 2.75) is 0 Å². The second-order valence-corrected chi connectivity index (χ2v) is 3.35. The Morgan fingerprint density at radius 1 is 0.826 bits per heavy atom. The summed E-state index contributed by atoms with van der Waals surface area (Å²) in [6.45, 7) is 0. The second-order valence-electron chi connectivity index (χ2n) is 3.35. The Kier molecular flexibility index (Phi) is 10.8. The van der Waals surface area contributed by atoms with Gasteiger partial charge in [0.25, 0.3) is 0 Å². The number of carboxylic acid groups (broad SMARTS) is 2. The van der Waals surface area contributed by atoms with Crippen molar-refractivity contribution in [3.8, 4) is 0 Å².